The lowest BCUT2D eigenvalue weighted by Crippen LogP contribution is -2.45. The Kier molecular flexibility index (Phi) is 10.0. The second kappa shape index (κ2) is 11.3. The van der Waals surface area contributed by atoms with E-state index in [1.54, 1.807) is 24.3 Å². The first-order valence-electron chi connectivity index (χ1n) is 8.66. The summed E-state index contributed by atoms with van der Waals surface area (Å²) in [4.78, 5) is 2.16. The maximum atomic E-state index is 12.5. The fourth-order valence-corrected chi connectivity index (χ4v) is 3.88. The molecule has 1 heterocycles. The molecule has 1 atom stereocenters. The van der Waals surface area contributed by atoms with Crippen molar-refractivity contribution >= 4 is 40.7 Å². The van der Waals surface area contributed by atoms with Gasteiger partial charge < -0.3 is 19.9 Å². The zero-order valence-electron chi connectivity index (χ0n) is 15.9. The Morgan fingerprint density at radius 2 is 1.67 bits per heavy atom. The van der Waals surface area contributed by atoms with Crippen LogP contribution in [0.1, 0.15) is 17.2 Å². The number of phenols is 1. The van der Waals surface area contributed by atoms with E-state index >= 15 is 0 Å². The van der Waals surface area contributed by atoms with Gasteiger partial charge in [-0.1, -0.05) is 28.1 Å². The van der Waals surface area contributed by atoms with Crippen molar-refractivity contribution in [1.29, 1.82) is 0 Å². The second-order valence-corrected chi connectivity index (χ2v) is 7.17. The normalized spacial score (nSPS) is 15.5. The van der Waals surface area contributed by atoms with E-state index in [0.29, 0.717) is 28.9 Å². The molecule has 1 fully saturated rings. The molecule has 168 valence electrons. The predicted molar refractivity (Wildman–Crippen MR) is 116 cm³/mol. The van der Waals surface area contributed by atoms with Gasteiger partial charge in [-0.3, -0.25) is 4.90 Å². The zero-order chi connectivity index (χ0) is 20.3. The van der Waals surface area contributed by atoms with Crippen LogP contribution in [0, 0.1) is 0 Å². The Morgan fingerprint density at radius 3 is 2.20 bits per heavy atom. The highest BCUT2D eigenvalue weighted by Gasteiger charge is 2.32. The van der Waals surface area contributed by atoms with Gasteiger partial charge in [0.1, 0.15) is 5.75 Å². The van der Waals surface area contributed by atoms with Crippen LogP contribution >= 0.6 is 40.7 Å². The number of hydrogen-bond acceptors (Lipinski definition) is 5. The summed E-state index contributed by atoms with van der Waals surface area (Å²) in [6.07, 6.45) is -4.74. The van der Waals surface area contributed by atoms with Crippen molar-refractivity contribution in [2.45, 2.75) is 12.4 Å². The highest BCUT2D eigenvalue weighted by Crippen LogP contribution is 2.44. The summed E-state index contributed by atoms with van der Waals surface area (Å²) in [5.74, 6) is 0.0376. The number of ether oxygens (including phenoxy) is 2. The largest absolute Gasteiger partial charge is 0.573 e. The average Bonchev–Trinajstić information content (AvgIpc) is 2.66. The molecule has 11 heteroatoms. The van der Waals surface area contributed by atoms with Crippen LogP contribution in [0.25, 0.3) is 0 Å². The predicted octanol–water partition coefficient (Wildman–Crippen LogP) is 4.90. The molecule has 0 unspecified atom stereocenters. The standard InChI is InChI=1S/C19H20BrF3N2O3.2ClH/c1-27-15-7-6-14(20)16(18(15)26)17(25-10-8-24-9-11-25)12-2-4-13(5-3-12)28-19(21,22)23;;/h2-7,17,24,26H,8-11H2,1H3;2*1H/t17-;;/m0../s1. The van der Waals surface area contributed by atoms with E-state index < -0.39 is 6.36 Å². The minimum atomic E-state index is -4.74. The molecule has 1 aliphatic heterocycles. The molecule has 0 saturated carbocycles. The fraction of sp³-hybridized carbons (Fsp3) is 0.368. The Balaban J connectivity index is 0.00000225. The van der Waals surface area contributed by atoms with Gasteiger partial charge in [-0.05, 0) is 29.8 Å². The van der Waals surface area contributed by atoms with E-state index in [9.17, 15) is 18.3 Å². The molecule has 2 aromatic carbocycles. The third kappa shape index (κ3) is 6.31. The molecule has 0 aromatic heterocycles. The molecule has 1 saturated heterocycles. The summed E-state index contributed by atoms with van der Waals surface area (Å²) in [6.45, 7) is 2.98. The summed E-state index contributed by atoms with van der Waals surface area (Å²) >= 11 is 3.50. The van der Waals surface area contributed by atoms with Gasteiger partial charge in [0.05, 0.1) is 13.2 Å². The van der Waals surface area contributed by atoms with E-state index in [4.69, 9.17) is 4.74 Å². The number of methoxy groups -OCH3 is 1. The number of nitrogens with one attached hydrogen (secondary N) is 1. The van der Waals surface area contributed by atoms with Gasteiger partial charge in [0.15, 0.2) is 11.5 Å². The van der Waals surface area contributed by atoms with Crippen LogP contribution in [0.3, 0.4) is 0 Å². The van der Waals surface area contributed by atoms with E-state index in [1.165, 1.54) is 19.2 Å². The molecule has 2 N–H and O–H groups in total. The first-order chi connectivity index (χ1) is 13.3. The first kappa shape index (κ1) is 26.6. The quantitative estimate of drug-likeness (QED) is 0.572. The van der Waals surface area contributed by atoms with Gasteiger partial charge in [-0.25, -0.2) is 0 Å². The molecule has 5 nitrogen and oxygen atoms in total. The van der Waals surface area contributed by atoms with Crippen molar-refractivity contribution in [3.8, 4) is 17.2 Å². The second-order valence-electron chi connectivity index (χ2n) is 6.32. The minimum absolute atomic E-state index is 0. The highest BCUT2D eigenvalue weighted by atomic mass is 79.9. The SMILES string of the molecule is COc1ccc(Br)c([C@H](c2ccc(OC(F)(F)F)cc2)N2CCNCC2)c1O.Cl.Cl. The monoisotopic (exact) mass is 532 g/mol. The summed E-state index contributed by atoms with van der Waals surface area (Å²) < 4.78 is 47.3. The molecule has 0 bridgehead atoms. The number of benzene rings is 2. The zero-order valence-corrected chi connectivity index (χ0v) is 19.1. The van der Waals surface area contributed by atoms with Crippen molar-refractivity contribution < 1.29 is 27.8 Å². The number of phenolic OH excluding ortho intramolecular Hbond substituents is 1. The molecule has 2 aromatic rings. The molecule has 0 amide bonds. The number of alkyl halides is 3. The van der Waals surface area contributed by atoms with E-state index in [0.717, 1.165) is 18.7 Å². The third-order valence-corrected chi connectivity index (χ3v) is 5.26. The maximum absolute atomic E-state index is 12.5. The van der Waals surface area contributed by atoms with E-state index in [1.807, 2.05) is 0 Å². The van der Waals surface area contributed by atoms with Gasteiger partial charge in [0, 0.05) is 36.2 Å². The average molecular weight is 534 g/mol. The molecule has 1 aliphatic rings. The topological polar surface area (TPSA) is 54.0 Å². The maximum Gasteiger partial charge on any atom is 0.573 e. The summed E-state index contributed by atoms with van der Waals surface area (Å²) in [6, 6.07) is 8.79. The van der Waals surface area contributed by atoms with Gasteiger partial charge in [0.2, 0.25) is 0 Å². The minimum Gasteiger partial charge on any atom is -0.504 e. The number of nitrogens with zero attached hydrogens (tertiary/aromatic N) is 1. The number of hydrogen-bond donors (Lipinski definition) is 2. The Morgan fingerprint density at radius 1 is 1.07 bits per heavy atom. The third-order valence-electron chi connectivity index (χ3n) is 4.57. The lowest BCUT2D eigenvalue weighted by atomic mass is 9.95. The van der Waals surface area contributed by atoms with Crippen molar-refractivity contribution in [2.24, 2.45) is 0 Å². The molecular weight excluding hydrogens is 512 g/mol. The summed E-state index contributed by atoms with van der Waals surface area (Å²) in [7, 11) is 1.47. The Hall–Kier alpha value is -1.39. The molecular formula is C19H22BrCl2F3N2O3. The number of aromatic hydroxyl groups is 1. The number of rotatable bonds is 5. The number of piperazine rings is 1. The van der Waals surface area contributed by atoms with Crippen LogP contribution in [0.4, 0.5) is 13.2 Å². The highest BCUT2D eigenvalue weighted by molar-refractivity contribution is 9.10. The Labute approximate surface area is 193 Å². The van der Waals surface area contributed by atoms with Gasteiger partial charge in [-0.2, -0.15) is 0 Å². The lowest BCUT2D eigenvalue weighted by Gasteiger charge is -2.36. The van der Waals surface area contributed by atoms with Crippen LogP contribution in [0.5, 0.6) is 17.2 Å². The van der Waals surface area contributed by atoms with Crippen molar-refractivity contribution in [3.05, 3.63) is 52.0 Å². The van der Waals surface area contributed by atoms with Crippen LogP contribution in [-0.4, -0.2) is 49.7 Å². The van der Waals surface area contributed by atoms with E-state index in [-0.39, 0.29) is 42.4 Å². The van der Waals surface area contributed by atoms with Crippen LogP contribution in [-0.2, 0) is 0 Å². The van der Waals surface area contributed by atoms with Crippen molar-refractivity contribution in [3.63, 3.8) is 0 Å². The molecule has 30 heavy (non-hydrogen) atoms. The fourth-order valence-electron chi connectivity index (χ4n) is 3.34. The van der Waals surface area contributed by atoms with Crippen LogP contribution in [0.15, 0.2) is 40.9 Å². The summed E-state index contributed by atoms with van der Waals surface area (Å²) in [5, 5.41) is 14.0. The van der Waals surface area contributed by atoms with Gasteiger partial charge in [-0.15, -0.1) is 38.0 Å². The van der Waals surface area contributed by atoms with Crippen LogP contribution < -0.4 is 14.8 Å². The molecule has 3 rings (SSSR count). The number of halogens is 6. The van der Waals surface area contributed by atoms with E-state index in [2.05, 4.69) is 30.9 Å². The van der Waals surface area contributed by atoms with Crippen molar-refractivity contribution in [1.82, 2.24) is 10.2 Å². The molecule has 0 spiro atoms. The Bertz CT molecular complexity index is 820. The molecule has 0 radical (unpaired) electrons. The van der Waals surface area contributed by atoms with Gasteiger partial charge >= 0.3 is 6.36 Å². The molecule has 0 aliphatic carbocycles. The van der Waals surface area contributed by atoms with Gasteiger partial charge in [0.25, 0.3) is 0 Å². The van der Waals surface area contributed by atoms with Crippen LogP contribution in [0.2, 0.25) is 0 Å². The lowest BCUT2D eigenvalue weighted by molar-refractivity contribution is -0.274. The summed E-state index contributed by atoms with van der Waals surface area (Å²) in [5.41, 5.74) is 1.34. The van der Waals surface area contributed by atoms with Crippen molar-refractivity contribution in [2.75, 3.05) is 33.3 Å². The smallest absolute Gasteiger partial charge is 0.504 e. The first-order valence-corrected chi connectivity index (χ1v) is 9.45.